The molecule has 0 amide bonds. The van der Waals surface area contributed by atoms with Gasteiger partial charge in [-0.2, -0.15) is 0 Å². The van der Waals surface area contributed by atoms with Crippen molar-refractivity contribution in [2.45, 2.75) is 38.6 Å². The van der Waals surface area contributed by atoms with E-state index in [2.05, 4.69) is 28.2 Å². The van der Waals surface area contributed by atoms with Gasteiger partial charge in [-0.25, -0.2) is 4.39 Å². The van der Waals surface area contributed by atoms with Crippen LogP contribution in [0, 0.1) is 11.7 Å². The zero-order valence-electron chi connectivity index (χ0n) is 12.0. The van der Waals surface area contributed by atoms with Crippen LogP contribution in [-0.4, -0.2) is 25.8 Å². The van der Waals surface area contributed by atoms with E-state index >= 15 is 0 Å². The van der Waals surface area contributed by atoms with Crippen molar-refractivity contribution in [1.82, 2.24) is 5.32 Å². The van der Waals surface area contributed by atoms with E-state index in [9.17, 15) is 4.39 Å². The zero-order chi connectivity index (χ0) is 14.4. The maximum absolute atomic E-state index is 13.5. The molecular formula is C16H23BrFNO. The Morgan fingerprint density at radius 3 is 2.95 bits per heavy atom. The highest BCUT2D eigenvalue weighted by Crippen LogP contribution is 2.22. The van der Waals surface area contributed by atoms with Crippen molar-refractivity contribution in [3.8, 4) is 0 Å². The summed E-state index contributed by atoms with van der Waals surface area (Å²) in [6, 6.07) is 5.51. The maximum atomic E-state index is 13.5. The fraction of sp³-hybridized carbons (Fsp3) is 0.625. The number of halogens is 2. The topological polar surface area (TPSA) is 21.3 Å². The van der Waals surface area contributed by atoms with Crippen LogP contribution in [0.4, 0.5) is 4.39 Å². The largest absolute Gasteiger partial charge is 0.381 e. The van der Waals surface area contributed by atoms with Gasteiger partial charge in [-0.15, -0.1) is 0 Å². The summed E-state index contributed by atoms with van der Waals surface area (Å²) in [6.45, 7) is 4.86. The van der Waals surface area contributed by atoms with Crippen molar-refractivity contribution >= 4 is 15.9 Å². The van der Waals surface area contributed by atoms with Gasteiger partial charge < -0.3 is 10.1 Å². The third kappa shape index (κ3) is 4.83. The van der Waals surface area contributed by atoms with Gasteiger partial charge in [0.25, 0.3) is 0 Å². The number of ether oxygens (including phenoxy) is 1. The van der Waals surface area contributed by atoms with Crippen LogP contribution in [0.3, 0.4) is 0 Å². The molecule has 2 rings (SSSR count). The maximum Gasteiger partial charge on any atom is 0.124 e. The minimum atomic E-state index is -0.177. The molecule has 112 valence electrons. The van der Waals surface area contributed by atoms with Crippen molar-refractivity contribution in [1.29, 1.82) is 0 Å². The highest BCUT2D eigenvalue weighted by Gasteiger charge is 2.24. The monoisotopic (exact) mass is 343 g/mol. The quantitative estimate of drug-likeness (QED) is 0.844. The molecule has 0 spiro atoms. The molecule has 0 aliphatic carbocycles. The molecule has 1 heterocycles. The van der Waals surface area contributed by atoms with Crippen LogP contribution in [0.2, 0.25) is 0 Å². The molecule has 1 fully saturated rings. The lowest BCUT2D eigenvalue weighted by molar-refractivity contribution is 0.0393. The first-order chi connectivity index (χ1) is 9.69. The lowest BCUT2D eigenvalue weighted by atomic mass is 9.89. The molecule has 1 aromatic carbocycles. The average molecular weight is 344 g/mol. The summed E-state index contributed by atoms with van der Waals surface area (Å²) in [6.07, 6.45) is 4.28. The molecule has 4 heteroatoms. The van der Waals surface area contributed by atoms with Crippen molar-refractivity contribution in [3.63, 3.8) is 0 Å². The molecule has 1 aromatic rings. The summed E-state index contributed by atoms with van der Waals surface area (Å²) in [4.78, 5) is 0. The van der Waals surface area contributed by atoms with E-state index in [0.717, 1.165) is 49.1 Å². The van der Waals surface area contributed by atoms with Gasteiger partial charge in [0.05, 0.1) is 6.61 Å². The molecule has 2 nitrogen and oxygen atoms in total. The molecule has 1 N–H and O–H groups in total. The van der Waals surface area contributed by atoms with E-state index in [4.69, 9.17) is 4.74 Å². The number of hydrogen-bond acceptors (Lipinski definition) is 2. The second-order valence-corrected chi connectivity index (χ2v) is 6.44. The first kappa shape index (κ1) is 15.9. The van der Waals surface area contributed by atoms with Crippen LogP contribution in [0.25, 0.3) is 0 Å². The van der Waals surface area contributed by atoms with Gasteiger partial charge in [0.1, 0.15) is 5.82 Å². The highest BCUT2D eigenvalue weighted by molar-refractivity contribution is 9.10. The van der Waals surface area contributed by atoms with E-state index in [1.165, 1.54) is 12.5 Å². The first-order valence-corrected chi connectivity index (χ1v) is 8.24. The molecule has 1 saturated heterocycles. The van der Waals surface area contributed by atoms with E-state index in [0.29, 0.717) is 12.0 Å². The molecule has 0 bridgehead atoms. The second kappa shape index (κ2) is 8.11. The fourth-order valence-electron chi connectivity index (χ4n) is 2.80. The van der Waals surface area contributed by atoms with Crippen LogP contribution in [-0.2, 0) is 11.2 Å². The summed E-state index contributed by atoms with van der Waals surface area (Å²) in [5.74, 6) is 0.348. The minimum Gasteiger partial charge on any atom is -0.381 e. The molecular weight excluding hydrogens is 321 g/mol. The Morgan fingerprint density at radius 2 is 2.30 bits per heavy atom. The molecule has 2 atom stereocenters. The smallest absolute Gasteiger partial charge is 0.124 e. The third-order valence-electron chi connectivity index (χ3n) is 3.80. The predicted molar refractivity (Wildman–Crippen MR) is 83.4 cm³/mol. The Hall–Kier alpha value is -0.450. The van der Waals surface area contributed by atoms with E-state index in [1.807, 2.05) is 6.07 Å². The lowest BCUT2D eigenvalue weighted by Gasteiger charge is -2.31. The molecule has 0 radical (unpaired) electrons. The van der Waals surface area contributed by atoms with E-state index in [-0.39, 0.29) is 5.82 Å². The average Bonchev–Trinajstić information content (AvgIpc) is 2.43. The first-order valence-electron chi connectivity index (χ1n) is 7.45. The van der Waals surface area contributed by atoms with Crippen LogP contribution < -0.4 is 5.32 Å². The van der Waals surface area contributed by atoms with Crippen LogP contribution in [0.15, 0.2) is 22.7 Å². The molecule has 20 heavy (non-hydrogen) atoms. The summed E-state index contributed by atoms with van der Waals surface area (Å²) in [5, 5.41) is 3.61. The second-order valence-electron chi connectivity index (χ2n) is 5.52. The number of benzene rings is 1. The van der Waals surface area contributed by atoms with Crippen LogP contribution >= 0.6 is 15.9 Å². The Morgan fingerprint density at radius 1 is 1.45 bits per heavy atom. The normalized spacial score (nSPS) is 20.9. The molecule has 0 saturated carbocycles. The number of nitrogens with one attached hydrogen (secondary N) is 1. The SMILES string of the molecule is CCCNC(Cc1cc(F)cc(Br)c1)C1CCCOC1. The summed E-state index contributed by atoms with van der Waals surface area (Å²) in [5.41, 5.74) is 1.04. The van der Waals surface area contributed by atoms with Gasteiger partial charge in [-0.3, -0.25) is 0 Å². The summed E-state index contributed by atoms with van der Waals surface area (Å²) < 4.78 is 19.9. The Labute approximate surface area is 129 Å². The van der Waals surface area contributed by atoms with Crippen LogP contribution in [0.5, 0.6) is 0 Å². The summed E-state index contributed by atoms with van der Waals surface area (Å²) >= 11 is 3.37. The summed E-state index contributed by atoms with van der Waals surface area (Å²) in [7, 11) is 0. The standard InChI is InChI=1S/C16H23BrFNO/c1-2-5-19-16(13-4-3-6-20-11-13)9-12-7-14(17)10-15(18)8-12/h7-8,10,13,16,19H,2-6,9,11H2,1H3. The van der Waals surface area contributed by atoms with Gasteiger partial charge in [0.2, 0.25) is 0 Å². The zero-order valence-corrected chi connectivity index (χ0v) is 13.6. The Kier molecular flexibility index (Phi) is 6.46. The van der Waals surface area contributed by atoms with Crippen LogP contribution in [0.1, 0.15) is 31.7 Å². The van der Waals surface area contributed by atoms with Crippen molar-refractivity contribution < 1.29 is 9.13 Å². The molecule has 1 aliphatic heterocycles. The van der Waals surface area contributed by atoms with Gasteiger partial charge in [0, 0.05) is 17.1 Å². The van der Waals surface area contributed by atoms with Crippen molar-refractivity contribution in [2.24, 2.45) is 5.92 Å². The highest BCUT2D eigenvalue weighted by atomic mass is 79.9. The third-order valence-corrected chi connectivity index (χ3v) is 4.26. The Balaban J connectivity index is 2.05. The van der Waals surface area contributed by atoms with E-state index < -0.39 is 0 Å². The molecule has 2 unspecified atom stereocenters. The Bertz CT molecular complexity index is 401. The van der Waals surface area contributed by atoms with Gasteiger partial charge in [-0.1, -0.05) is 22.9 Å². The van der Waals surface area contributed by atoms with Crippen molar-refractivity contribution in [2.75, 3.05) is 19.8 Å². The van der Waals surface area contributed by atoms with E-state index in [1.54, 1.807) is 6.07 Å². The predicted octanol–water partition coefficient (Wildman–Crippen LogP) is 3.93. The molecule has 0 aromatic heterocycles. The number of hydrogen-bond donors (Lipinski definition) is 1. The number of rotatable bonds is 6. The lowest BCUT2D eigenvalue weighted by Crippen LogP contribution is -2.42. The molecule has 1 aliphatic rings. The van der Waals surface area contributed by atoms with Gasteiger partial charge >= 0.3 is 0 Å². The van der Waals surface area contributed by atoms with Crippen molar-refractivity contribution in [3.05, 3.63) is 34.1 Å². The fourth-order valence-corrected chi connectivity index (χ4v) is 3.31. The van der Waals surface area contributed by atoms with Gasteiger partial charge in [0.15, 0.2) is 0 Å². The minimum absolute atomic E-state index is 0.177. The van der Waals surface area contributed by atoms with Gasteiger partial charge in [-0.05, 0) is 61.9 Å².